The second-order valence-electron chi connectivity index (χ2n) is 3.06. The van der Waals surface area contributed by atoms with Crippen molar-refractivity contribution in [3.8, 4) is 0 Å². The van der Waals surface area contributed by atoms with Crippen molar-refractivity contribution < 1.29 is 0 Å². The van der Waals surface area contributed by atoms with Crippen LogP contribution in [0.2, 0.25) is 0 Å². The number of hydrogen-bond acceptors (Lipinski definition) is 2. The highest BCUT2D eigenvalue weighted by molar-refractivity contribution is 5.76. The SMILES string of the molecule is C/N=C\c1ccc(C(C)C)cn1. The number of hydrogen-bond donors (Lipinski definition) is 0. The highest BCUT2D eigenvalue weighted by Crippen LogP contribution is 2.11. The molecule has 0 bridgehead atoms. The molecule has 0 N–H and O–H groups in total. The van der Waals surface area contributed by atoms with Gasteiger partial charge in [-0.15, -0.1) is 0 Å². The maximum absolute atomic E-state index is 4.24. The quantitative estimate of drug-likeness (QED) is 0.612. The minimum Gasteiger partial charge on any atom is -0.294 e. The molecule has 1 aromatic heterocycles. The number of pyridine rings is 1. The summed E-state index contributed by atoms with van der Waals surface area (Å²) in [5.74, 6) is 0.546. The molecule has 1 rings (SSSR count). The maximum atomic E-state index is 4.24. The first-order valence-electron chi connectivity index (χ1n) is 4.12. The van der Waals surface area contributed by atoms with Crippen LogP contribution in [-0.4, -0.2) is 18.2 Å². The van der Waals surface area contributed by atoms with Crippen molar-refractivity contribution in [2.75, 3.05) is 7.05 Å². The van der Waals surface area contributed by atoms with Crippen LogP contribution < -0.4 is 0 Å². The van der Waals surface area contributed by atoms with E-state index in [9.17, 15) is 0 Å². The summed E-state index contributed by atoms with van der Waals surface area (Å²) in [7, 11) is 1.75. The molecule has 0 fully saturated rings. The van der Waals surface area contributed by atoms with Gasteiger partial charge in [-0.3, -0.25) is 9.98 Å². The van der Waals surface area contributed by atoms with Gasteiger partial charge in [-0.05, 0) is 17.5 Å². The zero-order valence-electron chi connectivity index (χ0n) is 7.78. The zero-order chi connectivity index (χ0) is 8.97. The molecule has 64 valence electrons. The molecule has 0 aliphatic rings. The van der Waals surface area contributed by atoms with E-state index in [1.54, 1.807) is 13.3 Å². The molecule has 1 heterocycles. The van der Waals surface area contributed by atoms with Crippen molar-refractivity contribution in [2.24, 2.45) is 4.99 Å². The van der Waals surface area contributed by atoms with Gasteiger partial charge in [0.25, 0.3) is 0 Å². The fourth-order valence-electron chi connectivity index (χ4n) is 0.967. The molecule has 2 nitrogen and oxygen atoms in total. The fourth-order valence-corrected chi connectivity index (χ4v) is 0.967. The largest absolute Gasteiger partial charge is 0.294 e. The second-order valence-corrected chi connectivity index (χ2v) is 3.06. The van der Waals surface area contributed by atoms with Gasteiger partial charge in [-0.25, -0.2) is 0 Å². The van der Waals surface area contributed by atoms with Crippen molar-refractivity contribution in [1.82, 2.24) is 4.98 Å². The van der Waals surface area contributed by atoms with E-state index < -0.39 is 0 Å². The molecule has 0 aliphatic carbocycles. The van der Waals surface area contributed by atoms with E-state index in [0.29, 0.717) is 5.92 Å². The lowest BCUT2D eigenvalue weighted by atomic mass is 10.1. The van der Waals surface area contributed by atoms with Gasteiger partial charge in [0.05, 0.1) is 5.69 Å². The topological polar surface area (TPSA) is 25.2 Å². The van der Waals surface area contributed by atoms with Crippen molar-refractivity contribution >= 4 is 6.21 Å². The van der Waals surface area contributed by atoms with E-state index in [2.05, 4.69) is 29.9 Å². The van der Waals surface area contributed by atoms with Gasteiger partial charge >= 0.3 is 0 Å². The van der Waals surface area contributed by atoms with Crippen LogP contribution in [0.25, 0.3) is 0 Å². The third-order valence-electron chi connectivity index (χ3n) is 1.74. The molecule has 0 saturated heterocycles. The average molecular weight is 162 g/mol. The summed E-state index contributed by atoms with van der Waals surface area (Å²) in [4.78, 5) is 8.13. The monoisotopic (exact) mass is 162 g/mol. The van der Waals surface area contributed by atoms with Crippen LogP contribution in [0.3, 0.4) is 0 Å². The summed E-state index contributed by atoms with van der Waals surface area (Å²) in [5, 5.41) is 0. The Morgan fingerprint density at radius 3 is 2.58 bits per heavy atom. The molecule has 2 heteroatoms. The Bertz CT molecular complexity index is 260. The molecular formula is C10H14N2. The first-order valence-corrected chi connectivity index (χ1v) is 4.12. The number of aromatic nitrogens is 1. The van der Waals surface area contributed by atoms with E-state index in [1.165, 1.54) is 5.56 Å². The standard InChI is InChI=1S/C10H14N2/c1-8(2)9-4-5-10(7-11-3)12-6-9/h4-8H,1-3H3/b11-7-. The Morgan fingerprint density at radius 1 is 1.42 bits per heavy atom. The molecule has 0 aliphatic heterocycles. The van der Waals surface area contributed by atoms with Crippen molar-refractivity contribution in [2.45, 2.75) is 19.8 Å². The lowest BCUT2D eigenvalue weighted by Crippen LogP contribution is -1.92. The highest BCUT2D eigenvalue weighted by Gasteiger charge is 1.97. The molecule has 0 atom stereocenters. The minimum atomic E-state index is 0.546. The van der Waals surface area contributed by atoms with Gasteiger partial charge < -0.3 is 0 Å². The van der Waals surface area contributed by atoms with Gasteiger partial charge in [0, 0.05) is 19.5 Å². The summed E-state index contributed by atoms with van der Waals surface area (Å²) in [5.41, 5.74) is 2.19. The molecule has 0 spiro atoms. The molecule has 12 heavy (non-hydrogen) atoms. The Labute approximate surface area is 73.4 Å². The normalized spacial score (nSPS) is 11.3. The van der Waals surface area contributed by atoms with Crippen molar-refractivity contribution in [1.29, 1.82) is 0 Å². The molecule has 0 radical (unpaired) electrons. The summed E-state index contributed by atoms with van der Waals surface area (Å²) in [6.07, 6.45) is 3.66. The smallest absolute Gasteiger partial charge is 0.0807 e. The summed E-state index contributed by atoms with van der Waals surface area (Å²) >= 11 is 0. The van der Waals surface area contributed by atoms with Gasteiger partial charge in [0.1, 0.15) is 0 Å². The Kier molecular flexibility index (Phi) is 2.97. The predicted molar refractivity (Wildman–Crippen MR) is 51.8 cm³/mol. The Morgan fingerprint density at radius 2 is 2.17 bits per heavy atom. The molecule has 0 unspecified atom stereocenters. The van der Waals surface area contributed by atoms with Gasteiger partial charge in [-0.2, -0.15) is 0 Å². The zero-order valence-corrected chi connectivity index (χ0v) is 7.78. The predicted octanol–water partition coefficient (Wildman–Crippen LogP) is 2.25. The van der Waals surface area contributed by atoms with Crippen LogP contribution in [0.15, 0.2) is 23.3 Å². The number of nitrogens with zero attached hydrogens (tertiary/aromatic N) is 2. The van der Waals surface area contributed by atoms with E-state index in [-0.39, 0.29) is 0 Å². The first kappa shape index (κ1) is 8.91. The van der Waals surface area contributed by atoms with Crippen LogP contribution in [0.4, 0.5) is 0 Å². The Balaban J connectivity index is 2.85. The molecule has 0 aromatic carbocycles. The first-order chi connectivity index (χ1) is 5.74. The van der Waals surface area contributed by atoms with Crippen molar-refractivity contribution in [3.05, 3.63) is 29.6 Å². The average Bonchev–Trinajstić information content (AvgIpc) is 2.06. The van der Waals surface area contributed by atoms with Crippen molar-refractivity contribution in [3.63, 3.8) is 0 Å². The summed E-state index contributed by atoms with van der Waals surface area (Å²) < 4.78 is 0. The maximum Gasteiger partial charge on any atom is 0.0807 e. The Hall–Kier alpha value is -1.18. The van der Waals surface area contributed by atoms with E-state index in [1.807, 2.05) is 12.3 Å². The summed E-state index contributed by atoms with van der Waals surface area (Å²) in [6.45, 7) is 4.31. The van der Waals surface area contributed by atoms with E-state index in [4.69, 9.17) is 0 Å². The van der Waals surface area contributed by atoms with E-state index in [0.717, 1.165) is 5.69 Å². The highest BCUT2D eigenvalue weighted by atomic mass is 14.7. The molecule has 0 amide bonds. The van der Waals surface area contributed by atoms with Crippen LogP contribution in [0.1, 0.15) is 31.0 Å². The minimum absolute atomic E-state index is 0.546. The van der Waals surface area contributed by atoms with Crippen LogP contribution >= 0.6 is 0 Å². The molecule has 0 saturated carbocycles. The fraction of sp³-hybridized carbons (Fsp3) is 0.400. The van der Waals surface area contributed by atoms with Gasteiger partial charge in [0.2, 0.25) is 0 Å². The number of aliphatic imine (C=N–C) groups is 1. The van der Waals surface area contributed by atoms with Gasteiger partial charge in [-0.1, -0.05) is 19.9 Å². The lowest BCUT2D eigenvalue weighted by molar-refractivity contribution is 0.858. The lowest BCUT2D eigenvalue weighted by Gasteiger charge is -2.03. The second kappa shape index (κ2) is 4.00. The third kappa shape index (κ3) is 2.16. The third-order valence-corrected chi connectivity index (χ3v) is 1.74. The van der Waals surface area contributed by atoms with Crippen LogP contribution in [0, 0.1) is 0 Å². The summed E-state index contributed by atoms with van der Waals surface area (Å²) in [6, 6.07) is 4.08. The molecular weight excluding hydrogens is 148 g/mol. The van der Waals surface area contributed by atoms with Crippen LogP contribution in [-0.2, 0) is 0 Å². The van der Waals surface area contributed by atoms with Gasteiger partial charge in [0.15, 0.2) is 0 Å². The van der Waals surface area contributed by atoms with Crippen LogP contribution in [0.5, 0.6) is 0 Å². The molecule has 1 aromatic rings. The number of rotatable bonds is 2. The van der Waals surface area contributed by atoms with E-state index >= 15 is 0 Å².